The van der Waals surface area contributed by atoms with Crippen molar-refractivity contribution in [2.24, 2.45) is 0 Å². The molecule has 1 amide bonds. The summed E-state index contributed by atoms with van der Waals surface area (Å²) in [4.78, 5) is 23.9. The van der Waals surface area contributed by atoms with Crippen LogP contribution in [-0.4, -0.2) is 66.9 Å². The van der Waals surface area contributed by atoms with Crippen molar-refractivity contribution in [1.82, 2.24) is 13.9 Å². The van der Waals surface area contributed by atoms with Crippen LogP contribution in [0.2, 0.25) is 10.0 Å². The molecule has 13 heteroatoms. The molecule has 2 aliphatic heterocycles. The summed E-state index contributed by atoms with van der Waals surface area (Å²) in [5, 5.41) is 8.47. The van der Waals surface area contributed by atoms with Gasteiger partial charge in [-0.2, -0.15) is 12.7 Å². The number of hydrogen-bond acceptors (Lipinski definition) is 6. The molecule has 5 rings (SSSR count). The van der Waals surface area contributed by atoms with Gasteiger partial charge in [0.25, 0.3) is 11.9 Å². The van der Waals surface area contributed by atoms with Crippen molar-refractivity contribution in [2.75, 3.05) is 26.2 Å². The van der Waals surface area contributed by atoms with Gasteiger partial charge in [0, 0.05) is 49.7 Å². The molecule has 0 spiro atoms. The molecule has 2 N–H and O–H groups in total. The van der Waals surface area contributed by atoms with Gasteiger partial charge in [0.1, 0.15) is 17.7 Å². The highest BCUT2D eigenvalue weighted by atomic mass is 35.5. The second-order valence-electron chi connectivity index (χ2n) is 10.2. The van der Waals surface area contributed by atoms with Crippen molar-refractivity contribution in [3.8, 4) is 5.75 Å². The summed E-state index contributed by atoms with van der Waals surface area (Å²) in [6, 6.07) is 8.10. The molecule has 3 aliphatic rings. The molecule has 2 aromatic rings. The topological polar surface area (TPSA) is 116 Å². The summed E-state index contributed by atoms with van der Waals surface area (Å²) in [7, 11) is -3.94. The minimum atomic E-state index is -3.94. The Balaban J connectivity index is 0.000000867. The van der Waals surface area contributed by atoms with E-state index in [0.717, 1.165) is 63.2 Å². The van der Waals surface area contributed by atoms with Crippen LogP contribution in [0.25, 0.3) is 0 Å². The number of carboxylic acid groups (broad SMARTS) is 1. The predicted octanol–water partition coefficient (Wildman–Crippen LogP) is 4.82. The highest BCUT2D eigenvalue weighted by Crippen LogP contribution is 2.43. The third-order valence-electron chi connectivity index (χ3n) is 6.93. The lowest BCUT2D eigenvalue weighted by molar-refractivity contribution is -0.134. The molecule has 2 saturated heterocycles. The van der Waals surface area contributed by atoms with Crippen molar-refractivity contribution < 1.29 is 32.2 Å². The predicted molar refractivity (Wildman–Crippen MR) is 150 cm³/mol. The Morgan fingerprint density at radius 2 is 1.62 bits per heavy atom. The fourth-order valence-corrected chi connectivity index (χ4v) is 6.41. The number of nitrogens with one attached hydrogen (secondary N) is 1. The minimum absolute atomic E-state index is 0.0369. The fourth-order valence-electron chi connectivity index (χ4n) is 4.70. The number of hydrogen-bond donors (Lipinski definition) is 2. The maximum Gasteiger partial charge on any atom is 0.304 e. The van der Waals surface area contributed by atoms with E-state index in [9.17, 15) is 13.2 Å². The van der Waals surface area contributed by atoms with Crippen LogP contribution in [0, 0.1) is 5.82 Å². The zero-order valence-electron chi connectivity index (χ0n) is 22.0. The lowest BCUT2D eigenvalue weighted by Crippen LogP contribution is -2.49. The summed E-state index contributed by atoms with van der Waals surface area (Å²) in [5.41, 5.74) is 1.55. The summed E-state index contributed by atoms with van der Waals surface area (Å²) in [5.74, 6) is -1.55. The van der Waals surface area contributed by atoms with Crippen LogP contribution in [0.15, 0.2) is 30.3 Å². The van der Waals surface area contributed by atoms with E-state index in [-0.39, 0.29) is 17.6 Å². The molecule has 9 nitrogen and oxygen atoms in total. The average molecular weight is 617 g/mol. The Bertz CT molecular complexity index is 1340. The highest BCUT2D eigenvalue weighted by Gasteiger charge is 2.33. The van der Waals surface area contributed by atoms with E-state index in [0.29, 0.717) is 35.4 Å². The Labute approximate surface area is 243 Å². The van der Waals surface area contributed by atoms with E-state index in [1.807, 2.05) is 4.72 Å². The minimum Gasteiger partial charge on any atom is -0.490 e. The van der Waals surface area contributed by atoms with Gasteiger partial charge in [0.15, 0.2) is 0 Å². The SMILES string of the molecule is CC(=O)O.O=C(NS(=O)(=O)N1CCC1)c1cc(C2CC2)c(CN2CCC(Oc3cc(Cl)cc(Cl)c3)CC2)cc1F. The Morgan fingerprint density at radius 1 is 1.02 bits per heavy atom. The van der Waals surface area contributed by atoms with Crippen LogP contribution in [0.4, 0.5) is 4.39 Å². The lowest BCUT2D eigenvalue weighted by atomic mass is 9.97. The number of carboxylic acids is 1. The van der Waals surface area contributed by atoms with Crippen molar-refractivity contribution in [3.05, 3.63) is 62.9 Å². The first-order valence-electron chi connectivity index (χ1n) is 13.1. The largest absolute Gasteiger partial charge is 0.490 e. The highest BCUT2D eigenvalue weighted by molar-refractivity contribution is 7.87. The molecular weight excluding hydrogens is 584 g/mol. The summed E-state index contributed by atoms with van der Waals surface area (Å²) < 4.78 is 48.9. The number of carbonyl (C=O) groups excluding carboxylic acids is 1. The van der Waals surface area contributed by atoms with Gasteiger partial charge in [-0.3, -0.25) is 14.5 Å². The van der Waals surface area contributed by atoms with Gasteiger partial charge in [-0.1, -0.05) is 23.2 Å². The van der Waals surface area contributed by atoms with E-state index in [4.69, 9.17) is 37.8 Å². The molecule has 1 saturated carbocycles. The lowest BCUT2D eigenvalue weighted by Gasteiger charge is -2.32. The standard InChI is InChI=1S/C25H28Cl2FN3O4S.C2H4O2/c26-18-11-19(27)13-21(12-18)35-20-4-8-30(9-5-20)15-17-10-24(28)23(14-22(17)16-2-3-16)25(32)29-36(33,34)31-6-1-7-31;1-2(3)4/h10-14,16,20H,1-9,15H2,(H,29,32);1H3,(H,3,4). The van der Waals surface area contributed by atoms with Crippen molar-refractivity contribution in [2.45, 2.75) is 57.6 Å². The van der Waals surface area contributed by atoms with Crippen molar-refractivity contribution >= 4 is 45.3 Å². The average Bonchev–Trinajstić information content (AvgIpc) is 3.63. The van der Waals surface area contributed by atoms with Crippen LogP contribution in [0.1, 0.15) is 66.4 Å². The van der Waals surface area contributed by atoms with Gasteiger partial charge in [0.2, 0.25) is 0 Å². The van der Waals surface area contributed by atoms with E-state index in [1.54, 1.807) is 24.3 Å². The first-order chi connectivity index (χ1) is 18.9. The number of amides is 1. The van der Waals surface area contributed by atoms with Gasteiger partial charge in [-0.05, 0) is 79.5 Å². The van der Waals surface area contributed by atoms with Crippen molar-refractivity contribution in [1.29, 1.82) is 0 Å². The van der Waals surface area contributed by atoms with E-state index in [1.165, 1.54) is 10.4 Å². The first kappa shape index (κ1) is 30.5. The quantitative estimate of drug-likeness (QED) is 0.437. The number of piperidine rings is 1. The molecule has 3 fully saturated rings. The zero-order chi connectivity index (χ0) is 29.0. The van der Waals surface area contributed by atoms with Crippen molar-refractivity contribution in [3.63, 3.8) is 0 Å². The Hall–Kier alpha value is -2.44. The molecule has 0 atom stereocenters. The van der Waals surface area contributed by atoms with E-state index < -0.39 is 27.9 Å². The van der Waals surface area contributed by atoms with Crippen LogP contribution < -0.4 is 9.46 Å². The van der Waals surface area contributed by atoms with Gasteiger partial charge in [-0.15, -0.1) is 0 Å². The molecule has 0 radical (unpaired) electrons. The first-order valence-corrected chi connectivity index (χ1v) is 15.3. The zero-order valence-corrected chi connectivity index (χ0v) is 24.4. The Kier molecular flexibility index (Phi) is 9.94. The molecule has 0 aromatic heterocycles. The molecule has 40 heavy (non-hydrogen) atoms. The maximum absolute atomic E-state index is 15.0. The summed E-state index contributed by atoms with van der Waals surface area (Å²) in [6.45, 7) is 3.94. The molecular formula is C27H32Cl2FN3O6S. The number of benzene rings is 2. The molecule has 1 aliphatic carbocycles. The van der Waals surface area contributed by atoms with Gasteiger partial charge in [-0.25, -0.2) is 9.11 Å². The van der Waals surface area contributed by atoms with Crippen LogP contribution >= 0.6 is 23.2 Å². The fraction of sp³-hybridized carbons (Fsp3) is 0.481. The molecule has 0 unspecified atom stereocenters. The molecule has 2 aromatic carbocycles. The summed E-state index contributed by atoms with van der Waals surface area (Å²) in [6.07, 6.45) is 4.35. The van der Waals surface area contributed by atoms with E-state index >= 15 is 4.39 Å². The number of likely N-dealkylation sites (tertiary alicyclic amines) is 1. The third kappa shape index (κ3) is 8.29. The number of nitrogens with zero attached hydrogens (tertiary/aromatic N) is 2. The number of carbonyl (C=O) groups is 2. The molecule has 2 heterocycles. The second kappa shape index (κ2) is 13.0. The maximum atomic E-state index is 15.0. The normalized spacial score (nSPS) is 18.3. The van der Waals surface area contributed by atoms with E-state index in [2.05, 4.69) is 4.90 Å². The van der Waals surface area contributed by atoms with Gasteiger partial charge >= 0.3 is 10.2 Å². The number of ether oxygens (including phenoxy) is 1. The van der Waals surface area contributed by atoms with Crippen LogP contribution in [0.3, 0.4) is 0 Å². The smallest absolute Gasteiger partial charge is 0.304 e. The molecule has 218 valence electrons. The van der Waals surface area contributed by atoms with Crippen LogP contribution in [-0.2, 0) is 21.5 Å². The number of rotatable bonds is 8. The Morgan fingerprint density at radius 3 is 2.15 bits per heavy atom. The third-order valence-corrected chi connectivity index (χ3v) is 8.86. The van der Waals surface area contributed by atoms with Gasteiger partial charge < -0.3 is 9.84 Å². The monoisotopic (exact) mass is 615 g/mol. The number of halogens is 3. The van der Waals surface area contributed by atoms with Gasteiger partial charge in [0.05, 0.1) is 5.56 Å². The summed E-state index contributed by atoms with van der Waals surface area (Å²) >= 11 is 12.1. The van der Waals surface area contributed by atoms with Crippen LogP contribution in [0.5, 0.6) is 5.75 Å². The number of aliphatic carboxylic acids is 1. The second-order valence-corrected chi connectivity index (χ2v) is 12.8. The molecule has 0 bridgehead atoms.